The van der Waals surface area contributed by atoms with E-state index in [9.17, 15) is 9.18 Å². The number of anilines is 2. The molecule has 2 amide bonds. The highest BCUT2D eigenvalue weighted by Crippen LogP contribution is 2.15. The van der Waals surface area contributed by atoms with Crippen LogP contribution < -0.4 is 10.6 Å². The third-order valence-electron chi connectivity index (χ3n) is 3.84. The topological polar surface area (TPSA) is 53.6 Å². The van der Waals surface area contributed by atoms with Gasteiger partial charge in [0, 0.05) is 31.0 Å². The summed E-state index contributed by atoms with van der Waals surface area (Å²) in [6.45, 7) is 3.01. The summed E-state index contributed by atoms with van der Waals surface area (Å²) in [5.41, 5.74) is 2.68. The van der Waals surface area contributed by atoms with E-state index in [-0.39, 0.29) is 11.8 Å². The number of ether oxygens (including phenoxy) is 1. The molecule has 126 valence electrons. The van der Waals surface area contributed by atoms with Crippen LogP contribution in [0.1, 0.15) is 5.56 Å². The maximum atomic E-state index is 12.9. The van der Waals surface area contributed by atoms with Crippen LogP contribution >= 0.6 is 0 Å². The first-order valence-corrected chi connectivity index (χ1v) is 7.93. The van der Waals surface area contributed by atoms with E-state index in [2.05, 4.69) is 10.6 Å². The van der Waals surface area contributed by atoms with Gasteiger partial charge in [-0.25, -0.2) is 9.18 Å². The van der Waals surface area contributed by atoms with E-state index in [1.54, 1.807) is 17.0 Å². The lowest BCUT2D eigenvalue weighted by molar-refractivity contribution is 0.0564. The smallest absolute Gasteiger partial charge is 0.321 e. The molecule has 1 fully saturated rings. The zero-order valence-corrected chi connectivity index (χ0v) is 13.3. The van der Waals surface area contributed by atoms with Crippen LogP contribution in [0.25, 0.3) is 0 Å². The van der Waals surface area contributed by atoms with Gasteiger partial charge < -0.3 is 20.3 Å². The Morgan fingerprint density at radius 3 is 2.29 bits per heavy atom. The quantitative estimate of drug-likeness (QED) is 0.905. The number of nitrogens with zero attached hydrogens (tertiary/aromatic N) is 1. The number of carbonyl (C=O) groups is 1. The highest BCUT2D eigenvalue weighted by Gasteiger charge is 2.16. The van der Waals surface area contributed by atoms with E-state index in [4.69, 9.17) is 4.74 Å². The number of carbonyl (C=O) groups excluding carboxylic acids is 1. The van der Waals surface area contributed by atoms with Gasteiger partial charge in [-0.05, 0) is 42.0 Å². The van der Waals surface area contributed by atoms with Crippen molar-refractivity contribution in [3.05, 3.63) is 59.9 Å². The van der Waals surface area contributed by atoms with Crippen LogP contribution in [-0.2, 0) is 11.3 Å². The van der Waals surface area contributed by atoms with Crippen molar-refractivity contribution >= 4 is 17.4 Å². The number of nitrogens with one attached hydrogen (secondary N) is 2. The first-order chi connectivity index (χ1) is 11.7. The maximum absolute atomic E-state index is 12.9. The monoisotopic (exact) mass is 329 g/mol. The number of rotatable bonds is 4. The van der Waals surface area contributed by atoms with Gasteiger partial charge in [0.05, 0.1) is 13.2 Å². The number of morpholine rings is 1. The van der Waals surface area contributed by atoms with Crippen LogP contribution in [0.4, 0.5) is 20.6 Å². The Morgan fingerprint density at radius 2 is 1.62 bits per heavy atom. The number of halogens is 1. The number of hydrogen-bond acceptors (Lipinski definition) is 3. The summed E-state index contributed by atoms with van der Waals surface area (Å²) in [4.78, 5) is 13.8. The van der Waals surface area contributed by atoms with Crippen LogP contribution in [0, 0.1) is 5.82 Å². The van der Waals surface area contributed by atoms with Crippen molar-refractivity contribution in [3.63, 3.8) is 0 Å². The summed E-state index contributed by atoms with van der Waals surface area (Å²) in [7, 11) is 0. The molecule has 2 aromatic rings. The Kier molecular flexibility index (Phi) is 5.28. The third-order valence-corrected chi connectivity index (χ3v) is 3.84. The zero-order valence-electron chi connectivity index (χ0n) is 13.3. The van der Waals surface area contributed by atoms with Gasteiger partial charge in [0.1, 0.15) is 5.82 Å². The molecule has 0 spiro atoms. The van der Waals surface area contributed by atoms with Gasteiger partial charge in [-0.1, -0.05) is 12.1 Å². The number of amides is 2. The molecule has 6 heteroatoms. The standard InChI is InChI=1S/C18H20FN3O2/c19-15-3-1-14(2-4-15)13-20-16-5-7-17(8-6-16)21-18(23)22-9-11-24-12-10-22/h1-8,20H,9-13H2,(H,21,23). The molecule has 0 radical (unpaired) electrons. The lowest BCUT2D eigenvalue weighted by Crippen LogP contribution is -2.43. The minimum absolute atomic E-state index is 0.106. The van der Waals surface area contributed by atoms with Gasteiger partial charge in [0.2, 0.25) is 0 Å². The lowest BCUT2D eigenvalue weighted by atomic mass is 10.2. The lowest BCUT2D eigenvalue weighted by Gasteiger charge is -2.26. The molecule has 0 aromatic heterocycles. The summed E-state index contributed by atoms with van der Waals surface area (Å²) < 4.78 is 18.1. The molecule has 0 unspecified atom stereocenters. The predicted octanol–water partition coefficient (Wildman–Crippen LogP) is 3.30. The summed E-state index contributed by atoms with van der Waals surface area (Å²) in [5.74, 6) is -0.237. The van der Waals surface area contributed by atoms with E-state index in [0.717, 1.165) is 16.9 Å². The summed E-state index contributed by atoms with van der Waals surface area (Å²) in [6.07, 6.45) is 0. The summed E-state index contributed by atoms with van der Waals surface area (Å²) in [6, 6.07) is 13.8. The first-order valence-electron chi connectivity index (χ1n) is 7.93. The number of urea groups is 1. The van der Waals surface area contributed by atoms with Crippen LogP contribution in [0.15, 0.2) is 48.5 Å². The normalized spacial score (nSPS) is 14.3. The Balaban J connectivity index is 1.51. The van der Waals surface area contributed by atoms with Crippen molar-refractivity contribution in [2.45, 2.75) is 6.54 Å². The molecule has 0 saturated carbocycles. The number of hydrogen-bond donors (Lipinski definition) is 2. The molecule has 1 heterocycles. The molecule has 1 saturated heterocycles. The van der Waals surface area contributed by atoms with Crippen LogP contribution in [0.2, 0.25) is 0 Å². The fourth-order valence-corrected chi connectivity index (χ4v) is 2.45. The maximum Gasteiger partial charge on any atom is 0.321 e. The Hall–Kier alpha value is -2.60. The average Bonchev–Trinajstić information content (AvgIpc) is 2.63. The minimum atomic E-state index is -0.237. The Labute approximate surface area is 140 Å². The second-order valence-corrected chi connectivity index (χ2v) is 5.59. The molecule has 3 rings (SSSR count). The van der Waals surface area contributed by atoms with Gasteiger partial charge >= 0.3 is 6.03 Å². The van der Waals surface area contributed by atoms with E-state index < -0.39 is 0 Å². The second kappa shape index (κ2) is 7.79. The molecule has 1 aliphatic heterocycles. The second-order valence-electron chi connectivity index (χ2n) is 5.59. The minimum Gasteiger partial charge on any atom is -0.381 e. The summed E-state index contributed by atoms with van der Waals surface area (Å²) >= 11 is 0. The van der Waals surface area contributed by atoms with Gasteiger partial charge in [-0.15, -0.1) is 0 Å². The molecule has 0 bridgehead atoms. The predicted molar refractivity (Wildman–Crippen MR) is 91.6 cm³/mol. The Morgan fingerprint density at radius 1 is 1.00 bits per heavy atom. The highest BCUT2D eigenvalue weighted by atomic mass is 19.1. The van der Waals surface area contributed by atoms with E-state index >= 15 is 0 Å². The van der Waals surface area contributed by atoms with Crippen molar-refractivity contribution in [1.82, 2.24) is 4.90 Å². The first kappa shape index (κ1) is 16.3. The molecular formula is C18H20FN3O2. The van der Waals surface area contributed by atoms with Crippen molar-refractivity contribution in [3.8, 4) is 0 Å². The fourth-order valence-electron chi connectivity index (χ4n) is 2.45. The summed E-state index contributed by atoms with van der Waals surface area (Å²) in [5, 5.41) is 6.14. The fraction of sp³-hybridized carbons (Fsp3) is 0.278. The van der Waals surface area contributed by atoms with Crippen LogP contribution in [-0.4, -0.2) is 37.2 Å². The number of benzene rings is 2. The molecule has 1 aliphatic rings. The van der Waals surface area contributed by atoms with E-state index in [0.29, 0.717) is 32.8 Å². The van der Waals surface area contributed by atoms with E-state index in [1.807, 2.05) is 24.3 Å². The van der Waals surface area contributed by atoms with Crippen LogP contribution in [0.3, 0.4) is 0 Å². The average molecular weight is 329 g/mol. The zero-order chi connectivity index (χ0) is 16.8. The molecule has 0 aliphatic carbocycles. The van der Waals surface area contributed by atoms with Crippen molar-refractivity contribution in [2.24, 2.45) is 0 Å². The van der Waals surface area contributed by atoms with Crippen molar-refractivity contribution < 1.29 is 13.9 Å². The van der Waals surface area contributed by atoms with Gasteiger partial charge in [-0.3, -0.25) is 0 Å². The third kappa shape index (κ3) is 4.45. The van der Waals surface area contributed by atoms with Gasteiger partial charge in [0.15, 0.2) is 0 Å². The van der Waals surface area contributed by atoms with Gasteiger partial charge in [0.25, 0.3) is 0 Å². The highest BCUT2D eigenvalue weighted by molar-refractivity contribution is 5.89. The largest absolute Gasteiger partial charge is 0.381 e. The molecule has 5 nitrogen and oxygen atoms in total. The van der Waals surface area contributed by atoms with Gasteiger partial charge in [-0.2, -0.15) is 0 Å². The van der Waals surface area contributed by atoms with Crippen molar-refractivity contribution in [2.75, 3.05) is 36.9 Å². The Bertz CT molecular complexity index is 668. The van der Waals surface area contributed by atoms with Crippen molar-refractivity contribution in [1.29, 1.82) is 0 Å². The molecule has 0 atom stereocenters. The molecule has 2 aromatic carbocycles. The SMILES string of the molecule is O=C(Nc1ccc(NCc2ccc(F)cc2)cc1)N1CCOCC1. The molecule has 2 N–H and O–H groups in total. The van der Waals surface area contributed by atoms with E-state index in [1.165, 1.54) is 12.1 Å². The van der Waals surface area contributed by atoms with Crippen LogP contribution in [0.5, 0.6) is 0 Å². The molecule has 24 heavy (non-hydrogen) atoms. The molecular weight excluding hydrogens is 309 g/mol.